The number of hydrogen-bond acceptors (Lipinski definition) is 3. The number of rotatable bonds is 6. The predicted molar refractivity (Wildman–Crippen MR) is 87.4 cm³/mol. The molecule has 0 fully saturated rings. The molecule has 0 aliphatic carbocycles. The maximum atomic E-state index is 10.8. The molecule has 0 radical (unpaired) electrons. The van der Waals surface area contributed by atoms with Crippen LogP contribution >= 0.6 is 0 Å². The van der Waals surface area contributed by atoms with Crippen molar-refractivity contribution in [2.75, 3.05) is 0 Å². The zero-order valence-electron chi connectivity index (χ0n) is 13.8. The summed E-state index contributed by atoms with van der Waals surface area (Å²) in [5.74, 6) is -0.930. The first-order valence-corrected chi connectivity index (χ1v) is 7.57. The van der Waals surface area contributed by atoms with Crippen molar-refractivity contribution in [1.29, 1.82) is 0 Å². The first-order chi connectivity index (χ1) is 9.96. The van der Waals surface area contributed by atoms with Gasteiger partial charge in [0.05, 0.1) is 17.3 Å². The monoisotopic (exact) mass is 292 g/mol. The van der Waals surface area contributed by atoms with Crippen LogP contribution < -0.4 is 5.32 Å². The van der Waals surface area contributed by atoms with Gasteiger partial charge in [-0.2, -0.15) is 0 Å². The molecule has 0 amide bonds. The maximum Gasteiger partial charge on any atom is 0.335 e. The SMILES string of the molecule is CC/C(C)=C/NC(C)c1cc(C(=O)O)ccn1.CCCC. The van der Waals surface area contributed by atoms with E-state index in [9.17, 15) is 4.79 Å². The fourth-order valence-corrected chi connectivity index (χ4v) is 1.27. The number of pyridine rings is 1. The van der Waals surface area contributed by atoms with Crippen LogP contribution in [0, 0.1) is 0 Å². The fourth-order valence-electron chi connectivity index (χ4n) is 1.27. The molecule has 2 N–H and O–H groups in total. The number of nitrogens with one attached hydrogen (secondary N) is 1. The van der Waals surface area contributed by atoms with Gasteiger partial charge in [-0.25, -0.2) is 4.79 Å². The molecule has 0 bridgehead atoms. The molecule has 0 aromatic carbocycles. The van der Waals surface area contributed by atoms with Gasteiger partial charge in [0.1, 0.15) is 0 Å². The quantitative estimate of drug-likeness (QED) is 0.807. The second-order valence-electron chi connectivity index (χ2n) is 5.01. The Morgan fingerprint density at radius 1 is 1.38 bits per heavy atom. The van der Waals surface area contributed by atoms with Crippen molar-refractivity contribution in [3.8, 4) is 0 Å². The van der Waals surface area contributed by atoms with E-state index in [-0.39, 0.29) is 11.6 Å². The van der Waals surface area contributed by atoms with E-state index in [0.29, 0.717) is 0 Å². The third-order valence-corrected chi connectivity index (χ3v) is 3.11. The van der Waals surface area contributed by atoms with Gasteiger partial charge in [0.25, 0.3) is 0 Å². The first-order valence-electron chi connectivity index (χ1n) is 7.57. The third kappa shape index (κ3) is 8.12. The molecule has 21 heavy (non-hydrogen) atoms. The fraction of sp³-hybridized carbons (Fsp3) is 0.529. The molecule has 1 heterocycles. The van der Waals surface area contributed by atoms with Gasteiger partial charge in [0.15, 0.2) is 0 Å². The minimum Gasteiger partial charge on any atom is -0.478 e. The highest BCUT2D eigenvalue weighted by Gasteiger charge is 2.08. The van der Waals surface area contributed by atoms with Crippen molar-refractivity contribution in [1.82, 2.24) is 10.3 Å². The van der Waals surface area contributed by atoms with Crippen LogP contribution in [0.15, 0.2) is 30.1 Å². The number of aromatic nitrogens is 1. The number of carbonyl (C=O) groups is 1. The average molecular weight is 292 g/mol. The summed E-state index contributed by atoms with van der Waals surface area (Å²) in [6.07, 6.45) is 7.09. The molecule has 4 nitrogen and oxygen atoms in total. The number of aromatic carboxylic acids is 1. The van der Waals surface area contributed by atoms with Crippen molar-refractivity contribution in [3.63, 3.8) is 0 Å². The third-order valence-electron chi connectivity index (χ3n) is 3.11. The van der Waals surface area contributed by atoms with Crippen molar-refractivity contribution in [2.24, 2.45) is 0 Å². The summed E-state index contributed by atoms with van der Waals surface area (Å²) in [7, 11) is 0. The molecule has 1 rings (SSSR count). The number of hydrogen-bond donors (Lipinski definition) is 2. The Morgan fingerprint density at radius 3 is 2.48 bits per heavy atom. The van der Waals surface area contributed by atoms with Gasteiger partial charge in [-0.15, -0.1) is 0 Å². The van der Waals surface area contributed by atoms with Crippen molar-refractivity contribution < 1.29 is 9.90 Å². The molecule has 4 heteroatoms. The Labute approximate surface area is 128 Å². The molecule has 0 saturated carbocycles. The van der Waals surface area contributed by atoms with Crippen LogP contribution in [0.25, 0.3) is 0 Å². The maximum absolute atomic E-state index is 10.8. The smallest absolute Gasteiger partial charge is 0.335 e. The molecule has 0 spiro atoms. The normalized spacial score (nSPS) is 12.1. The summed E-state index contributed by atoms with van der Waals surface area (Å²) in [4.78, 5) is 15.0. The van der Waals surface area contributed by atoms with E-state index < -0.39 is 5.97 Å². The topological polar surface area (TPSA) is 62.2 Å². The van der Waals surface area contributed by atoms with Gasteiger partial charge in [-0.05, 0) is 38.6 Å². The second-order valence-corrected chi connectivity index (χ2v) is 5.01. The van der Waals surface area contributed by atoms with Gasteiger partial charge in [-0.3, -0.25) is 4.98 Å². The summed E-state index contributed by atoms with van der Waals surface area (Å²) < 4.78 is 0. The van der Waals surface area contributed by atoms with E-state index in [0.717, 1.165) is 12.1 Å². The average Bonchev–Trinajstić information content (AvgIpc) is 2.52. The van der Waals surface area contributed by atoms with E-state index in [1.54, 1.807) is 6.07 Å². The van der Waals surface area contributed by atoms with Crippen LogP contribution in [0.3, 0.4) is 0 Å². The van der Waals surface area contributed by atoms with Crippen molar-refractivity contribution in [3.05, 3.63) is 41.4 Å². The second kappa shape index (κ2) is 10.9. The van der Waals surface area contributed by atoms with Crippen LogP contribution in [0.5, 0.6) is 0 Å². The predicted octanol–water partition coefficient (Wildman–Crippen LogP) is 4.55. The van der Waals surface area contributed by atoms with E-state index in [2.05, 4.69) is 31.1 Å². The van der Waals surface area contributed by atoms with Crippen molar-refractivity contribution in [2.45, 2.75) is 59.9 Å². The molecule has 1 atom stereocenters. The summed E-state index contributed by atoms with van der Waals surface area (Å²) in [5, 5.41) is 12.1. The standard InChI is InChI=1S/C13H18N2O2.C4H10/c1-4-9(2)8-15-10(3)12-7-11(13(16)17)5-6-14-12;1-3-4-2/h5-8,10,15H,4H2,1-3H3,(H,16,17);3-4H2,1-2H3/b9-8+;. The highest BCUT2D eigenvalue weighted by Crippen LogP contribution is 2.11. The summed E-state index contributed by atoms with van der Waals surface area (Å²) >= 11 is 0. The van der Waals surface area contributed by atoms with Gasteiger partial charge in [0, 0.05) is 6.20 Å². The Bertz CT molecular complexity index is 454. The highest BCUT2D eigenvalue weighted by atomic mass is 16.4. The Balaban J connectivity index is 0.000000885. The van der Waals surface area contributed by atoms with Crippen molar-refractivity contribution >= 4 is 5.97 Å². The van der Waals surface area contributed by atoms with Gasteiger partial charge in [0.2, 0.25) is 0 Å². The lowest BCUT2D eigenvalue weighted by molar-refractivity contribution is 0.0696. The van der Waals surface area contributed by atoms with E-state index in [4.69, 9.17) is 5.11 Å². The molecule has 0 aliphatic heterocycles. The van der Waals surface area contributed by atoms with Gasteiger partial charge < -0.3 is 10.4 Å². The Kier molecular flexibility index (Phi) is 9.94. The number of carboxylic acid groups (broad SMARTS) is 1. The molecular formula is C17H28N2O2. The number of carboxylic acids is 1. The van der Waals surface area contributed by atoms with Gasteiger partial charge in [-0.1, -0.05) is 39.2 Å². The molecule has 1 aromatic rings. The van der Waals surface area contributed by atoms with E-state index >= 15 is 0 Å². The van der Waals surface area contributed by atoms with Crippen LogP contribution in [-0.4, -0.2) is 16.1 Å². The van der Waals surface area contributed by atoms with Crippen LogP contribution in [0.2, 0.25) is 0 Å². The lowest BCUT2D eigenvalue weighted by Gasteiger charge is -2.12. The zero-order valence-corrected chi connectivity index (χ0v) is 13.8. The Morgan fingerprint density at radius 2 is 2.00 bits per heavy atom. The minimum absolute atomic E-state index is 0.00389. The molecular weight excluding hydrogens is 264 g/mol. The number of unbranched alkanes of at least 4 members (excludes halogenated alkanes) is 1. The number of allylic oxidation sites excluding steroid dienone is 1. The minimum atomic E-state index is -0.930. The lowest BCUT2D eigenvalue weighted by Crippen LogP contribution is -2.14. The molecule has 0 aliphatic rings. The summed E-state index contributed by atoms with van der Waals surface area (Å²) in [5.41, 5.74) is 2.23. The van der Waals surface area contributed by atoms with Crippen LogP contribution in [-0.2, 0) is 0 Å². The Hall–Kier alpha value is -1.84. The zero-order chi connectivity index (χ0) is 16.3. The highest BCUT2D eigenvalue weighted by molar-refractivity contribution is 5.87. The molecule has 1 unspecified atom stereocenters. The number of nitrogens with zero attached hydrogens (tertiary/aromatic N) is 1. The summed E-state index contributed by atoms with van der Waals surface area (Å²) in [6, 6.07) is 3.08. The molecule has 0 saturated heterocycles. The molecule has 118 valence electrons. The summed E-state index contributed by atoms with van der Waals surface area (Å²) in [6.45, 7) is 10.4. The lowest BCUT2D eigenvalue weighted by atomic mass is 10.1. The van der Waals surface area contributed by atoms with Gasteiger partial charge >= 0.3 is 5.97 Å². The first kappa shape index (κ1) is 19.2. The van der Waals surface area contributed by atoms with Crippen LogP contribution in [0.4, 0.5) is 0 Å². The van der Waals surface area contributed by atoms with E-state index in [1.807, 2.05) is 20.0 Å². The molecule has 1 aromatic heterocycles. The largest absolute Gasteiger partial charge is 0.478 e. The van der Waals surface area contributed by atoms with Crippen LogP contribution in [0.1, 0.15) is 76.0 Å². The van der Waals surface area contributed by atoms with E-state index in [1.165, 1.54) is 30.7 Å².